The van der Waals surface area contributed by atoms with Crippen molar-refractivity contribution in [2.24, 2.45) is 0 Å². The van der Waals surface area contributed by atoms with E-state index < -0.39 is 18.5 Å². The van der Waals surface area contributed by atoms with Crippen LogP contribution in [0.5, 0.6) is 17.2 Å². The molecule has 2 aromatic rings. The van der Waals surface area contributed by atoms with Gasteiger partial charge in [-0.15, -0.1) is 0 Å². The van der Waals surface area contributed by atoms with Crippen molar-refractivity contribution in [1.82, 2.24) is 0 Å². The molecule has 7 heteroatoms. The van der Waals surface area contributed by atoms with Gasteiger partial charge in [-0.05, 0) is 37.6 Å². The first-order chi connectivity index (χ1) is 12.9. The van der Waals surface area contributed by atoms with Gasteiger partial charge in [0.2, 0.25) is 5.75 Å². The molecule has 0 saturated carbocycles. The van der Waals surface area contributed by atoms with Crippen molar-refractivity contribution in [2.45, 2.75) is 13.8 Å². The van der Waals surface area contributed by atoms with Crippen molar-refractivity contribution in [3.05, 3.63) is 47.0 Å². The van der Waals surface area contributed by atoms with Crippen LogP contribution in [0, 0.1) is 13.8 Å². The molecule has 0 aliphatic heterocycles. The zero-order valence-corrected chi connectivity index (χ0v) is 16.0. The summed E-state index contributed by atoms with van der Waals surface area (Å²) >= 11 is 0. The van der Waals surface area contributed by atoms with Crippen LogP contribution in [0.4, 0.5) is 5.69 Å². The number of hydrogen-bond acceptors (Lipinski definition) is 6. The number of hydrogen-bond donors (Lipinski definition) is 1. The summed E-state index contributed by atoms with van der Waals surface area (Å²) in [7, 11) is 4.32. The van der Waals surface area contributed by atoms with E-state index in [4.69, 9.17) is 18.9 Å². The van der Waals surface area contributed by atoms with Gasteiger partial charge in [-0.1, -0.05) is 17.7 Å². The molecule has 0 saturated heterocycles. The number of carbonyl (C=O) groups is 2. The summed E-state index contributed by atoms with van der Waals surface area (Å²) in [5, 5.41) is 2.72. The highest BCUT2D eigenvalue weighted by Crippen LogP contribution is 2.39. The third-order valence-electron chi connectivity index (χ3n) is 3.91. The van der Waals surface area contributed by atoms with Crippen molar-refractivity contribution in [2.75, 3.05) is 33.3 Å². The number of esters is 1. The summed E-state index contributed by atoms with van der Waals surface area (Å²) in [5.74, 6) is -0.275. The lowest BCUT2D eigenvalue weighted by molar-refractivity contribution is -0.119. The van der Waals surface area contributed by atoms with Crippen LogP contribution in [0.3, 0.4) is 0 Å². The average Bonchev–Trinajstić information content (AvgIpc) is 2.66. The maximum absolute atomic E-state index is 12.4. The standard InChI is InChI=1S/C20H23NO6/c1-12-6-8-15(13(2)10-12)21-17(22)11-27-20(23)14-7-9-16(24-3)19(26-5)18(14)25-4/h6-10H,11H2,1-5H3,(H,21,22). The number of carbonyl (C=O) groups excluding carboxylic acids is 2. The van der Waals surface area contributed by atoms with Gasteiger partial charge >= 0.3 is 5.97 Å². The van der Waals surface area contributed by atoms with Gasteiger partial charge in [0.25, 0.3) is 5.91 Å². The molecule has 2 aromatic carbocycles. The second-order valence-electron chi connectivity index (χ2n) is 5.82. The number of ether oxygens (including phenoxy) is 4. The van der Waals surface area contributed by atoms with Crippen molar-refractivity contribution in [3.8, 4) is 17.2 Å². The van der Waals surface area contributed by atoms with Gasteiger partial charge in [0.1, 0.15) is 5.56 Å². The monoisotopic (exact) mass is 373 g/mol. The molecule has 0 heterocycles. The molecule has 27 heavy (non-hydrogen) atoms. The topological polar surface area (TPSA) is 83.1 Å². The summed E-state index contributed by atoms with van der Waals surface area (Å²) < 4.78 is 20.8. The predicted molar refractivity (Wildman–Crippen MR) is 101 cm³/mol. The Balaban J connectivity index is 2.08. The minimum atomic E-state index is -0.705. The third kappa shape index (κ3) is 4.69. The van der Waals surface area contributed by atoms with Gasteiger partial charge in [0.15, 0.2) is 18.1 Å². The molecule has 0 unspecified atom stereocenters. The van der Waals surface area contributed by atoms with E-state index in [0.29, 0.717) is 11.4 Å². The molecule has 1 N–H and O–H groups in total. The van der Waals surface area contributed by atoms with Crippen LogP contribution in [0.2, 0.25) is 0 Å². The quantitative estimate of drug-likeness (QED) is 0.751. The van der Waals surface area contributed by atoms with E-state index in [1.165, 1.54) is 27.4 Å². The Morgan fingerprint density at radius 1 is 0.926 bits per heavy atom. The second kappa shape index (κ2) is 8.93. The number of benzene rings is 2. The van der Waals surface area contributed by atoms with Gasteiger partial charge in [0, 0.05) is 5.69 Å². The third-order valence-corrected chi connectivity index (χ3v) is 3.91. The first-order valence-corrected chi connectivity index (χ1v) is 8.24. The van der Waals surface area contributed by atoms with Crippen LogP contribution >= 0.6 is 0 Å². The van der Waals surface area contributed by atoms with E-state index in [1.54, 1.807) is 6.07 Å². The Labute approximate surface area is 158 Å². The van der Waals surface area contributed by atoms with Crippen LogP contribution in [-0.4, -0.2) is 39.8 Å². The van der Waals surface area contributed by atoms with Gasteiger partial charge in [-0.25, -0.2) is 4.79 Å². The maximum atomic E-state index is 12.4. The van der Waals surface area contributed by atoms with E-state index in [1.807, 2.05) is 32.0 Å². The van der Waals surface area contributed by atoms with Crippen molar-refractivity contribution < 1.29 is 28.5 Å². The predicted octanol–water partition coefficient (Wildman–Crippen LogP) is 3.12. The fourth-order valence-electron chi connectivity index (χ4n) is 2.61. The highest BCUT2D eigenvalue weighted by atomic mass is 16.5. The zero-order chi connectivity index (χ0) is 20.0. The Morgan fingerprint density at radius 3 is 2.22 bits per heavy atom. The lowest BCUT2D eigenvalue weighted by Gasteiger charge is -2.15. The summed E-state index contributed by atoms with van der Waals surface area (Å²) in [6.07, 6.45) is 0. The van der Waals surface area contributed by atoms with Crippen LogP contribution < -0.4 is 19.5 Å². The van der Waals surface area contributed by atoms with Gasteiger partial charge in [-0.2, -0.15) is 0 Å². The SMILES string of the molecule is COc1ccc(C(=O)OCC(=O)Nc2ccc(C)cc2C)c(OC)c1OC. The van der Waals surface area contributed by atoms with Crippen molar-refractivity contribution >= 4 is 17.6 Å². The van der Waals surface area contributed by atoms with E-state index in [9.17, 15) is 9.59 Å². The lowest BCUT2D eigenvalue weighted by Crippen LogP contribution is -2.21. The van der Waals surface area contributed by atoms with Crippen LogP contribution in [0.15, 0.2) is 30.3 Å². The molecule has 0 radical (unpaired) electrons. The molecule has 144 valence electrons. The Morgan fingerprint density at radius 2 is 1.63 bits per heavy atom. The molecule has 7 nitrogen and oxygen atoms in total. The molecule has 0 aliphatic carbocycles. The minimum absolute atomic E-state index is 0.134. The first kappa shape index (κ1) is 20.1. The normalized spacial score (nSPS) is 10.1. The number of methoxy groups -OCH3 is 3. The summed E-state index contributed by atoms with van der Waals surface area (Å²) in [5.41, 5.74) is 2.83. The Hall–Kier alpha value is -3.22. The molecule has 2 rings (SSSR count). The molecular formula is C20H23NO6. The lowest BCUT2D eigenvalue weighted by atomic mass is 10.1. The summed E-state index contributed by atoms with van der Waals surface area (Å²) in [4.78, 5) is 24.5. The number of nitrogens with one attached hydrogen (secondary N) is 1. The molecule has 0 fully saturated rings. The summed E-state index contributed by atoms with van der Waals surface area (Å²) in [6, 6.07) is 8.71. The second-order valence-corrected chi connectivity index (χ2v) is 5.82. The highest BCUT2D eigenvalue weighted by Gasteiger charge is 2.22. The molecular weight excluding hydrogens is 350 g/mol. The highest BCUT2D eigenvalue weighted by molar-refractivity contribution is 5.98. The number of anilines is 1. The molecule has 1 amide bonds. The number of amides is 1. The Bertz CT molecular complexity index is 847. The zero-order valence-electron chi connectivity index (χ0n) is 16.0. The maximum Gasteiger partial charge on any atom is 0.342 e. The fourth-order valence-corrected chi connectivity index (χ4v) is 2.61. The van der Waals surface area contributed by atoms with Crippen LogP contribution in [0.1, 0.15) is 21.5 Å². The fraction of sp³-hybridized carbons (Fsp3) is 0.300. The Kier molecular flexibility index (Phi) is 6.65. The number of rotatable bonds is 7. The molecule has 0 aliphatic rings. The van der Waals surface area contributed by atoms with E-state index in [2.05, 4.69) is 5.32 Å². The molecule has 0 aromatic heterocycles. The minimum Gasteiger partial charge on any atom is -0.493 e. The van der Waals surface area contributed by atoms with Crippen LogP contribution in [-0.2, 0) is 9.53 Å². The molecule has 0 spiro atoms. The molecule has 0 atom stereocenters. The van der Waals surface area contributed by atoms with Crippen molar-refractivity contribution in [1.29, 1.82) is 0 Å². The largest absolute Gasteiger partial charge is 0.493 e. The van der Waals surface area contributed by atoms with Gasteiger partial charge < -0.3 is 24.3 Å². The van der Waals surface area contributed by atoms with Crippen molar-refractivity contribution in [3.63, 3.8) is 0 Å². The molecule has 0 bridgehead atoms. The first-order valence-electron chi connectivity index (χ1n) is 8.24. The average molecular weight is 373 g/mol. The van der Waals surface area contributed by atoms with Gasteiger partial charge in [-0.3, -0.25) is 4.79 Å². The number of aryl methyl sites for hydroxylation is 2. The van der Waals surface area contributed by atoms with E-state index in [-0.39, 0.29) is 17.1 Å². The van der Waals surface area contributed by atoms with E-state index in [0.717, 1.165) is 11.1 Å². The van der Waals surface area contributed by atoms with Gasteiger partial charge in [0.05, 0.1) is 21.3 Å². The smallest absolute Gasteiger partial charge is 0.342 e. The summed E-state index contributed by atoms with van der Waals surface area (Å²) in [6.45, 7) is 3.43. The van der Waals surface area contributed by atoms with Crippen LogP contribution in [0.25, 0.3) is 0 Å². The van der Waals surface area contributed by atoms with E-state index >= 15 is 0 Å².